The van der Waals surface area contributed by atoms with E-state index in [1.807, 2.05) is 74.5 Å². The van der Waals surface area contributed by atoms with Crippen LogP contribution in [0.5, 0.6) is 0 Å². The molecule has 0 atom stereocenters. The zero-order chi connectivity index (χ0) is 24.2. The average molecular weight is 487 g/mol. The summed E-state index contributed by atoms with van der Waals surface area (Å²) in [4.78, 5) is 29.4. The molecular formula is C26H26N6O2S. The van der Waals surface area contributed by atoms with Gasteiger partial charge in [0.05, 0.1) is 18.9 Å². The molecule has 1 amide bonds. The highest BCUT2D eigenvalue weighted by atomic mass is 32.1. The maximum Gasteiger partial charge on any atom is 0.267 e. The van der Waals surface area contributed by atoms with Crippen LogP contribution in [0, 0.1) is 13.8 Å². The minimum absolute atomic E-state index is 0.163. The number of rotatable bonds is 6. The van der Waals surface area contributed by atoms with Crippen LogP contribution in [0.25, 0.3) is 10.6 Å². The molecule has 178 valence electrons. The number of hydrogen-bond donors (Lipinski definition) is 2. The van der Waals surface area contributed by atoms with E-state index in [9.17, 15) is 4.79 Å². The summed E-state index contributed by atoms with van der Waals surface area (Å²) in [6.45, 7) is 6.78. The van der Waals surface area contributed by atoms with E-state index in [4.69, 9.17) is 4.74 Å². The zero-order valence-corrected chi connectivity index (χ0v) is 20.4. The van der Waals surface area contributed by atoms with Gasteiger partial charge in [-0.25, -0.2) is 15.0 Å². The van der Waals surface area contributed by atoms with E-state index in [0.717, 1.165) is 46.7 Å². The van der Waals surface area contributed by atoms with Gasteiger partial charge in [0, 0.05) is 36.1 Å². The fourth-order valence-electron chi connectivity index (χ4n) is 3.85. The maximum absolute atomic E-state index is 12.9. The first-order valence-corrected chi connectivity index (χ1v) is 12.3. The number of aryl methyl sites for hydroxylation is 2. The maximum atomic E-state index is 12.9. The van der Waals surface area contributed by atoms with Gasteiger partial charge >= 0.3 is 0 Å². The van der Waals surface area contributed by atoms with Crippen molar-refractivity contribution in [1.29, 1.82) is 0 Å². The van der Waals surface area contributed by atoms with E-state index in [1.54, 1.807) is 0 Å². The van der Waals surface area contributed by atoms with Gasteiger partial charge in [0.25, 0.3) is 5.91 Å². The SMILES string of the molecule is Cc1nc(Nc2ccc(NC(=O)c3sc(-c4ccccc4)nc3C)cc2)cc(N2CCOCC2)n1. The predicted octanol–water partition coefficient (Wildman–Crippen LogP) is 5.05. The van der Waals surface area contributed by atoms with Crippen LogP contribution in [-0.2, 0) is 4.74 Å². The van der Waals surface area contributed by atoms with Gasteiger partial charge in [-0.1, -0.05) is 30.3 Å². The van der Waals surface area contributed by atoms with E-state index in [-0.39, 0.29) is 5.91 Å². The molecule has 1 fully saturated rings. The first-order valence-electron chi connectivity index (χ1n) is 11.4. The first kappa shape index (κ1) is 22.9. The van der Waals surface area contributed by atoms with Crippen LogP contribution in [0.3, 0.4) is 0 Å². The fraction of sp³-hybridized carbons (Fsp3) is 0.231. The van der Waals surface area contributed by atoms with Gasteiger partial charge in [-0.05, 0) is 38.1 Å². The van der Waals surface area contributed by atoms with Crippen molar-refractivity contribution in [3.05, 3.63) is 77.1 Å². The van der Waals surface area contributed by atoms with E-state index in [1.165, 1.54) is 11.3 Å². The smallest absolute Gasteiger partial charge is 0.267 e. The molecule has 2 aromatic carbocycles. The monoisotopic (exact) mass is 486 g/mol. The standard InChI is InChI=1S/C26H26N6O2S/c1-17-24(35-26(27-17)19-6-4-3-5-7-19)25(33)31-21-10-8-20(9-11-21)30-22-16-23(29-18(2)28-22)32-12-14-34-15-13-32/h3-11,16H,12-15H2,1-2H3,(H,31,33)(H,28,29,30). The highest BCUT2D eigenvalue weighted by Crippen LogP contribution is 2.29. The van der Waals surface area contributed by atoms with E-state index in [0.29, 0.717) is 29.6 Å². The first-order chi connectivity index (χ1) is 17.0. The van der Waals surface area contributed by atoms with Gasteiger partial charge in [-0.3, -0.25) is 4.79 Å². The van der Waals surface area contributed by atoms with Crippen LogP contribution in [0.15, 0.2) is 60.7 Å². The summed E-state index contributed by atoms with van der Waals surface area (Å²) in [7, 11) is 0. The third kappa shape index (κ3) is 5.47. The highest BCUT2D eigenvalue weighted by molar-refractivity contribution is 7.17. The molecule has 3 heterocycles. The molecule has 4 aromatic rings. The normalized spacial score (nSPS) is 13.5. The Balaban J connectivity index is 1.26. The van der Waals surface area contributed by atoms with Crippen LogP contribution >= 0.6 is 11.3 Å². The molecule has 9 heteroatoms. The lowest BCUT2D eigenvalue weighted by Crippen LogP contribution is -2.36. The lowest BCUT2D eigenvalue weighted by molar-refractivity contribution is 0.103. The molecule has 1 aliphatic heterocycles. The number of amides is 1. The Bertz CT molecular complexity index is 1320. The minimum Gasteiger partial charge on any atom is -0.378 e. The Kier molecular flexibility index (Phi) is 6.69. The number of nitrogens with zero attached hydrogens (tertiary/aromatic N) is 4. The molecule has 1 aliphatic rings. The Hall–Kier alpha value is -3.82. The number of carbonyl (C=O) groups is 1. The van der Waals surface area contributed by atoms with Crippen molar-refractivity contribution >= 4 is 40.3 Å². The van der Waals surface area contributed by atoms with E-state index < -0.39 is 0 Å². The Labute approximate surface area is 208 Å². The number of ether oxygens (including phenoxy) is 1. The summed E-state index contributed by atoms with van der Waals surface area (Å²) in [5.74, 6) is 2.16. The molecule has 0 bridgehead atoms. The molecule has 0 spiro atoms. The lowest BCUT2D eigenvalue weighted by atomic mass is 10.2. The number of morpholine rings is 1. The molecule has 0 aliphatic carbocycles. The zero-order valence-electron chi connectivity index (χ0n) is 19.6. The molecule has 2 N–H and O–H groups in total. The van der Waals surface area contributed by atoms with Crippen LogP contribution in [0.4, 0.5) is 23.0 Å². The van der Waals surface area contributed by atoms with Crippen molar-refractivity contribution in [2.75, 3.05) is 41.8 Å². The average Bonchev–Trinajstić information content (AvgIpc) is 3.28. The van der Waals surface area contributed by atoms with Crippen LogP contribution in [-0.4, -0.2) is 47.2 Å². The summed E-state index contributed by atoms with van der Waals surface area (Å²) in [5, 5.41) is 7.15. The largest absolute Gasteiger partial charge is 0.378 e. The molecule has 35 heavy (non-hydrogen) atoms. The second kappa shape index (κ2) is 10.2. The van der Waals surface area contributed by atoms with Crippen LogP contribution < -0.4 is 15.5 Å². The second-order valence-electron chi connectivity index (χ2n) is 8.21. The summed E-state index contributed by atoms with van der Waals surface area (Å²) in [6, 6.07) is 19.4. The molecule has 5 rings (SSSR count). The Morgan fingerprint density at radius 3 is 2.40 bits per heavy atom. The Morgan fingerprint density at radius 2 is 1.66 bits per heavy atom. The van der Waals surface area contributed by atoms with Crippen molar-refractivity contribution in [3.8, 4) is 10.6 Å². The molecule has 0 saturated carbocycles. The fourth-order valence-corrected chi connectivity index (χ4v) is 4.82. The van der Waals surface area contributed by atoms with Gasteiger partial charge in [-0.15, -0.1) is 11.3 Å². The van der Waals surface area contributed by atoms with Crippen LogP contribution in [0.2, 0.25) is 0 Å². The quantitative estimate of drug-likeness (QED) is 0.394. The molecule has 0 unspecified atom stereocenters. The summed E-state index contributed by atoms with van der Waals surface area (Å²) in [6.07, 6.45) is 0. The summed E-state index contributed by atoms with van der Waals surface area (Å²) >= 11 is 1.40. The molecule has 2 aromatic heterocycles. The number of hydrogen-bond acceptors (Lipinski definition) is 8. The summed E-state index contributed by atoms with van der Waals surface area (Å²) in [5.41, 5.74) is 3.31. The van der Waals surface area contributed by atoms with Crippen molar-refractivity contribution < 1.29 is 9.53 Å². The van der Waals surface area contributed by atoms with Gasteiger partial charge in [0.2, 0.25) is 0 Å². The van der Waals surface area contributed by atoms with E-state index in [2.05, 4.69) is 30.5 Å². The Morgan fingerprint density at radius 1 is 0.943 bits per heavy atom. The number of anilines is 4. The van der Waals surface area contributed by atoms with Crippen molar-refractivity contribution in [1.82, 2.24) is 15.0 Å². The van der Waals surface area contributed by atoms with Crippen LogP contribution in [0.1, 0.15) is 21.2 Å². The van der Waals surface area contributed by atoms with E-state index >= 15 is 0 Å². The number of nitrogens with one attached hydrogen (secondary N) is 2. The topological polar surface area (TPSA) is 92.3 Å². The van der Waals surface area contributed by atoms with Gasteiger partial charge in [-0.2, -0.15) is 0 Å². The molecule has 8 nitrogen and oxygen atoms in total. The lowest BCUT2D eigenvalue weighted by Gasteiger charge is -2.28. The van der Waals surface area contributed by atoms with Crippen molar-refractivity contribution in [2.45, 2.75) is 13.8 Å². The number of thiazole rings is 1. The molecule has 0 radical (unpaired) electrons. The molecular weight excluding hydrogens is 460 g/mol. The molecule has 1 saturated heterocycles. The third-order valence-corrected chi connectivity index (χ3v) is 6.80. The number of carbonyl (C=O) groups excluding carboxylic acids is 1. The third-order valence-electron chi connectivity index (χ3n) is 5.60. The number of benzene rings is 2. The minimum atomic E-state index is -0.163. The van der Waals surface area contributed by atoms with Gasteiger partial charge in [0.1, 0.15) is 27.3 Å². The second-order valence-corrected chi connectivity index (χ2v) is 9.21. The van der Waals surface area contributed by atoms with Gasteiger partial charge < -0.3 is 20.3 Å². The van der Waals surface area contributed by atoms with Crippen molar-refractivity contribution in [2.24, 2.45) is 0 Å². The predicted molar refractivity (Wildman–Crippen MR) is 140 cm³/mol. The summed E-state index contributed by atoms with van der Waals surface area (Å²) < 4.78 is 5.44. The van der Waals surface area contributed by atoms with Crippen molar-refractivity contribution in [3.63, 3.8) is 0 Å². The number of aromatic nitrogens is 3. The highest BCUT2D eigenvalue weighted by Gasteiger charge is 2.17. The van der Waals surface area contributed by atoms with Gasteiger partial charge in [0.15, 0.2) is 0 Å².